The van der Waals surface area contributed by atoms with Gasteiger partial charge in [0.2, 0.25) is 0 Å². The molecule has 0 bridgehead atoms. The Morgan fingerprint density at radius 1 is 1.29 bits per heavy atom. The van der Waals surface area contributed by atoms with Crippen LogP contribution >= 0.6 is 0 Å². The van der Waals surface area contributed by atoms with Crippen LogP contribution in [0.5, 0.6) is 0 Å². The highest BCUT2D eigenvalue weighted by molar-refractivity contribution is 5.24. The monoisotopic (exact) mass is 237 g/mol. The fourth-order valence-electron chi connectivity index (χ4n) is 2.44. The molecule has 98 valence electrons. The lowest BCUT2D eigenvalue weighted by atomic mass is 9.92. The summed E-state index contributed by atoms with van der Waals surface area (Å²) in [5.74, 6) is 0.622. The summed E-state index contributed by atoms with van der Waals surface area (Å²) in [6, 6.07) is 0.314. The van der Waals surface area contributed by atoms with Gasteiger partial charge < -0.3 is 5.73 Å². The number of aromatic nitrogens is 2. The lowest BCUT2D eigenvalue weighted by molar-refractivity contribution is 0.402. The molecule has 0 aliphatic heterocycles. The summed E-state index contributed by atoms with van der Waals surface area (Å²) < 4.78 is 1.96. The van der Waals surface area contributed by atoms with Gasteiger partial charge in [0.05, 0.1) is 5.69 Å². The van der Waals surface area contributed by atoms with E-state index in [0.29, 0.717) is 12.0 Å². The van der Waals surface area contributed by atoms with Gasteiger partial charge in [-0.2, -0.15) is 5.10 Å². The molecule has 0 aliphatic carbocycles. The number of hydrogen-bond acceptors (Lipinski definition) is 2. The van der Waals surface area contributed by atoms with Crippen molar-refractivity contribution in [1.29, 1.82) is 0 Å². The molecule has 2 N–H and O–H groups in total. The van der Waals surface area contributed by atoms with Crippen molar-refractivity contribution in [1.82, 2.24) is 9.78 Å². The number of nitrogens with zero attached hydrogens (tertiary/aromatic N) is 2. The van der Waals surface area contributed by atoms with Crippen LogP contribution in [-0.4, -0.2) is 15.8 Å². The molecule has 2 atom stereocenters. The third-order valence-electron chi connectivity index (χ3n) is 3.86. The van der Waals surface area contributed by atoms with Gasteiger partial charge in [-0.3, -0.25) is 4.68 Å². The summed E-state index contributed by atoms with van der Waals surface area (Å²) in [5, 5.41) is 4.45. The zero-order chi connectivity index (χ0) is 13.0. The first-order valence-corrected chi connectivity index (χ1v) is 6.72. The molecule has 1 rings (SSSR count). The molecule has 0 amide bonds. The maximum Gasteiger partial charge on any atom is 0.0628 e. The normalized spacial score (nSPS) is 14.9. The van der Waals surface area contributed by atoms with Crippen molar-refractivity contribution in [3.63, 3.8) is 0 Å². The van der Waals surface area contributed by atoms with Crippen molar-refractivity contribution in [3.8, 4) is 0 Å². The third-order valence-corrected chi connectivity index (χ3v) is 3.86. The van der Waals surface area contributed by atoms with Gasteiger partial charge in [-0.05, 0) is 44.6 Å². The number of nitrogens with two attached hydrogens (primary N) is 1. The van der Waals surface area contributed by atoms with Crippen LogP contribution in [0.2, 0.25) is 0 Å². The average molecular weight is 237 g/mol. The van der Waals surface area contributed by atoms with Gasteiger partial charge in [0.1, 0.15) is 0 Å². The van der Waals surface area contributed by atoms with Crippen molar-refractivity contribution >= 4 is 0 Å². The smallest absolute Gasteiger partial charge is 0.0628 e. The minimum absolute atomic E-state index is 0.314. The Labute approximate surface area is 105 Å². The van der Waals surface area contributed by atoms with Gasteiger partial charge in [-0.15, -0.1) is 0 Å². The van der Waals surface area contributed by atoms with Gasteiger partial charge in [-0.25, -0.2) is 0 Å². The highest BCUT2D eigenvalue weighted by Crippen LogP contribution is 2.18. The SMILES string of the molecule is CCCC(C)C(N)CCc1c(C)nn(C)c1C. The third kappa shape index (κ3) is 3.56. The molecular weight excluding hydrogens is 210 g/mol. The van der Waals surface area contributed by atoms with Crippen LogP contribution < -0.4 is 5.73 Å². The van der Waals surface area contributed by atoms with Crippen LogP contribution in [0, 0.1) is 19.8 Å². The van der Waals surface area contributed by atoms with E-state index < -0.39 is 0 Å². The Balaban J connectivity index is 2.55. The van der Waals surface area contributed by atoms with E-state index in [0.717, 1.165) is 18.5 Å². The van der Waals surface area contributed by atoms with Gasteiger partial charge in [0, 0.05) is 18.8 Å². The molecule has 0 saturated heterocycles. The predicted molar refractivity (Wildman–Crippen MR) is 73.1 cm³/mol. The molecule has 1 aromatic heterocycles. The molecule has 0 radical (unpaired) electrons. The maximum atomic E-state index is 6.23. The van der Waals surface area contributed by atoms with Crippen molar-refractivity contribution in [3.05, 3.63) is 17.0 Å². The zero-order valence-corrected chi connectivity index (χ0v) is 12.0. The Morgan fingerprint density at radius 2 is 1.94 bits per heavy atom. The summed E-state index contributed by atoms with van der Waals surface area (Å²) >= 11 is 0. The van der Waals surface area contributed by atoms with Crippen LogP contribution in [0.1, 0.15) is 50.1 Å². The van der Waals surface area contributed by atoms with Gasteiger partial charge in [0.15, 0.2) is 0 Å². The van der Waals surface area contributed by atoms with E-state index in [9.17, 15) is 0 Å². The molecule has 2 unspecified atom stereocenters. The summed E-state index contributed by atoms with van der Waals surface area (Å²) in [6.07, 6.45) is 4.57. The topological polar surface area (TPSA) is 43.8 Å². The predicted octanol–water partition coefficient (Wildman–Crippen LogP) is 2.73. The first kappa shape index (κ1) is 14.2. The first-order valence-electron chi connectivity index (χ1n) is 6.72. The minimum atomic E-state index is 0.314. The van der Waals surface area contributed by atoms with Crippen LogP contribution in [0.15, 0.2) is 0 Å². The molecule has 1 heterocycles. The van der Waals surface area contributed by atoms with E-state index >= 15 is 0 Å². The van der Waals surface area contributed by atoms with Crippen molar-refractivity contribution < 1.29 is 0 Å². The second-order valence-corrected chi connectivity index (χ2v) is 5.24. The quantitative estimate of drug-likeness (QED) is 0.826. The minimum Gasteiger partial charge on any atom is -0.327 e. The second-order valence-electron chi connectivity index (χ2n) is 5.24. The van der Waals surface area contributed by atoms with E-state index in [1.54, 1.807) is 0 Å². The summed E-state index contributed by atoms with van der Waals surface area (Å²) in [5.41, 5.74) is 10.0. The van der Waals surface area contributed by atoms with E-state index in [1.807, 2.05) is 11.7 Å². The fourth-order valence-corrected chi connectivity index (χ4v) is 2.44. The molecule has 3 nitrogen and oxygen atoms in total. The molecule has 0 aliphatic rings. The highest BCUT2D eigenvalue weighted by atomic mass is 15.3. The molecular formula is C14H27N3. The van der Waals surface area contributed by atoms with Crippen LogP contribution in [0.25, 0.3) is 0 Å². The summed E-state index contributed by atoms with van der Waals surface area (Å²) in [6.45, 7) is 8.70. The van der Waals surface area contributed by atoms with Crippen molar-refractivity contribution in [2.75, 3.05) is 0 Å². The summed E-state index contributed by atoms with van der Waals surface area (Å²) in [4.78, 5) is 0. The Kier molecular flexibility index (Phi) is 5.19. The molecule has 0 spiro atoms. The largest absolute Gasteiger partial charge is 0.327 e. The molecule has 0 saturated carbocycles. The molecule has 1 aromatic rings. The molecule has 0 aromatic carbocycles. The zero-order valence-electron chi connectivity index (χ0n) is 12.0. The Morgan fingerprint density at radius 3 is 2.41 bits per heavy atom. The van der Waals surface area contributed by atoms with Crippen LogP contribution in [0.3, 0.4) is 0 Å². The first-order chi connectivity index (χ1) is 7.97. The fraction of sp³-hybridized carbons (Fsp3) is 0.786. The van der Waals surface area contributed by atoms with E-state index in [2.05, 4.69) is 32.8 Å². The van der Waals surface area contributed by atoms with Crippen LogP contribution in [-0.2, 0) is 13.5 Å². The highest BCUT2D eigenvalue weighted by Gasteiger charge is 2.15. The second kappa shape index (κ2) is 6.20. The molecule has 0 fully saturated rings. The average Bonchev–Trinajstić information content (AvgIpc) is 2.51. The number of aryl methyl sites for hydroxylation is 2. The van der Waals surface area contributed by atoms with E-state index in [-0.39, 0.29) is 0 Å². The lowest BCUT2D eigenvalue weighted by Gasteiger charge is -2.19. The molecule has 3 heteroatoms. The Hall–Kier alpha value is -0.830. The van der Waals surface area contributed by atoms with Crippen LogP contribution in [0.4, 0.5) is 0 Å². The molecule has 17 heavy (non-hydrogen) atoms. The Bertz CT molecular complexity index is 355. The number of hydrogen-bond donors (Lipinski definition) is 1. The van der Waals surface area contributed by atoms with Gasteiger partial charge >= 0.3 is 0 Å². The lowest BCUT2D eigenvalue weighted by Crippen LogP contribution is -2.28. The maximum absolute atomic E-state index is 6.23. The van der Waals surface area contributed by atoms with Gasteiger partial charge in [0.25, 0.3) is 0 Å². The van der Waals surface area contributed by atoms with E-state index in [4.69, 9.17) is 5.73 Å². The van der Waals surface area contributed by atoms with Gasteiger partial charge in [-0.1, -0.05) is 20.3 Å². The standard InChI is InChI=1S/C14H27N3/c1-6-7-10(2)14(15)9-8-13-11(3)16-17(5)12(13)4/h10,14H,6-9,15H2,1-5H3. The van der Waals surface area contributed by atoms with Crippen molar-refractivity contribution in [2.24, 2.45) is 18.7 Å². The summed E-state index contributed by atoms with van der Waals surface area (Å²) in [7, 11) is 2.01. The van der Waals surface area contributed by atoms with E-state index in [1.165, 1.54) is 24.1 Å². The van der Waals surface area contributed by atoms with Crippen molar-refractivity contribution in [2.45, 2.75) is 59.4 Å². The number of rotatable bonds is 6.